The molecule has 1 aromatic rings. The van der Waals surface area contributed by atoms with Crippen LogP contribution in [0.15, 0.2) is 21.5 Å². The third kappa shape index (κ3) is 3.07. The fourth-order valence-corrected chi connectivity index (χ4v) is 6.02. The highest BCUT2D eigenvalue weighted by Crippen LogP contribution is 2.38. The fourth-order valence-electron chi connectivity index (χ4n) is 2.44. The minimum atomic E-state index is -4.08. The number of carbonyl (C=O) groups is 1. The Labute approximate surface area is 141 Å². The topological polar surface area (TPSA) is 74.7 Å². The van der Waals surface area contributed by atoms with Crippen LogP contribution in [0.2, 0.25) is 10.0 Å². The van der Waals surface area contributed by atoms with Crippen LogP contribution in [0.5, 0.6) is 0 Å². The molecule has 0 aromatic heterocycles. The first kappa shape index (κ1) is 17.0. The average Bonchev–Trinajstić information content (AvgIpc) is 2.69. The molecular formula is C12H12BrCl2NO4S. The molecule has 1 saturated heterocycles. The van der Waals surface area contributed by atoms with Crippen molar-refractivity contribution >= 4 is 55.1 Å². The summed E-state index contributed by atoms with van der Waals surface area (Å²) in [5.74, 6) is -1.45. The number of hydrogen-bond acceptors (Lipinski definition) is 3. The van der Waals surface area contributed by atoms with E-state index >= 15 is 0 Å². The Morgan fingerprint density at radius 2 is 1.90 bits per heavy atom. The molecule has 0 amide bonds. The van der Waals surface area contributed by atoms with Gasteiger partial charge in [-0.15, -0.1) is 0 Å². The molecule has 0 aliphatic carbocycles. The Kier molecular flexibility index (Phi) is 4.90. The number of benzene rings is 1. The van der Waals surface area contributed by atoms with Gasteiger partial charge < -0.3 is 5.11 Å². The zero-order chi connectivity index (χ0) is 15.9. The van der Waals surface area contributed by atoms with Gasteiger partial charge in [-0.25, -0.2) is 8.42 Å². The van der Waals surface area contributed by atoms with E-state index in [1.54, 1.807) is 6.92 Å². The summed E-state index contributed by atoms with van der Waals surface area (Å²) >= 11 is 15.2. The summed E-state index contributed by atoms with van der Waals surface area (Å²) in [6, 6.07) is 1.72. The van der Waals surface area contributed by atoms with Gasteiger partial charge in [0.05, 0.1) is 10.0 Å². The lowest BCUT2D eigenvalue weighted by Gasteiger charge is -2.23. The van der Waals surface area contributed by atoms with Crippen molar-refractivity contribution in [3.8, 4) is 0 Å². The minimum absolute atomic E-state index is 0.0435. The average molecular weight is 417 g/mol. The van der Waals surface area contributed by atoms with Crippen molar-refractivity contribution in [2.24, 2.45) is 5.92 Å². The number of rotatable bonds is 3. The first-order chi connectivity index (χ1) is 9.66. The monoisotopic (exact) mass is 415 g/mol. The van der Waals surface area contributed by atoms with E-state index in [4.69, 9.17) is 23.2 Å². The van der Waals surface area contributed by atoms with E-state index in [9.17, 15) is 18.3 Å². The molecule has 2 atom stereocenters. The zero-order valence-electron chi connectivity index (χ0n) is 10.9. The van der Waals surface area contributed by atoms with Crippen LogP contribution in [-0.2, 0) is 14.8 Å². The molecule has 0 radical (unpaired) electrons. The van der Waals surface area contributed by atoms with E-state index in [1.807, 2.05) is 0 Å². The normalized spacial score (nSPS) is 23.4. The lowest BCUT2D eigenvalue weighted by Crippen LogP contribution is -2.42. The van der Waals surface area contributed by atoms with Gasteiger partial charge in [0.2, 0.25) is 10.0 Å². The first-order valence-electron chi connectivity index (χ1n) is 6.05. The van der Waals surface area contributed by atoms with Crippen LogP contribution in [0.4, 0.5) is 0 Å². The molecule has 2 unspecified atom stereocenters. The Bertz CT molecular complexity index is 671. The smallest absolute Gasteiger partial charge is 0.322 e. The number of sulfonamides is 1. The van der Waals surface area contributed by atoms with Gasteiger partial charge in [-0.2, -0.15) is 4.31 Å². The fraction of sp³-hybridized carbons (Fsp3) is 0.417. The van der Waals surface area contributed by atoms with E-state index in [-0.39, 0.29) is 27.4 Å². The molecule has 9 heteroatoms. The van der Waals surface area contributed by atoms with E-state index in [0.717, 1.165) is 4.31 Å². The van der Waals surface area contributed by atoms with Crippen molar-refractivity contribution in [2.45, 2.75) is 24.3 Å². The molecule has 1 fully saturated rings. The Hall–Kier alpha value is -0.340. The molecule has 0 bridgehead atoms. The number of carboxylic acids is 1. The summed E-state index contributed by atoms with van der Waals surface area (Å²) in [6.07, 6.45) is 0.474. The molecule has 1 heterocycles. The molecule has 5 nitrogen and oxygen atoms in total. The zero-order valence-corrected chi connectivity index (χ0v) is 14.8. The maximum atomic E-state index is 12.7. The van der Waals surface area contributed by atoms with Crippen LogP contribution in [0.1, 0.15) is 13.3 Å². The van der Waals surface area contributed by atoms with Gasteiger partial charge in [-0.05, 0) is 24.5 Å². The van der Waals surface area contributed by atoms with Crippen LogP contribution in [0.25, 0.3) is 0 Å². The van der Waals surface area contributed by atoms with E-state index in [2.05, 4.69) is 15.9 Å². The maximum absolute atomic E-state index is 12.7. The first-order valence-corrected chi connectivity index (χ1v) is 9.04. The van der Waals surface area contributed by atoms with E-state index in [1.165, 1.54) is 12.1 Å². The third-order valence-corrected chi connectivity index (χ3v) is 6.70. The van der Waals surface area contributed by atoms with Gasteiger partial charge in [0.15, 0.2) is 0 Å². The highest BCUT2D eigenvalue weighted by atomic mass is 79.9. The second-order valence-corrected chi connectivity index (χ2v) is 8.42. The summed E-state index contributed by atoms with van der Waals surface area (Å²) in [4.78, 5) is 11.1. The molecule has 0 spiro atoms. The minimum Gasteiger partial charge on any atom is -0.480 e. The maximum Gasteiger partial charge on any atom is 0.322 e. The number of aliphatic carboxylic acids is 1. The van der Waals surface area contributed by atoms with Crippen molar-refractivity contribution in [2.75, 3.05) is 6.54 Å². The molecule has 116 valence electrons. The molecule has 21 heavy (non-hydrogen) atoms. The Morgan fingerprint density at radius 1 is 1.38 bits per heavy atom. The predicted molar refractivity (Wildman–Crippen MR) is 83.3 cm³/mol. The van der Waals surface area contributed by atoms with Gasteiger partial charge in [0.25, 0.3) is 0 Å². The Morgan fingerprint density at radius 3 is 2.38 bits per heavy atom. The summed E-state index contributed by atoms with van der Waals surface area (Å²) in [6.45, 7) is 1.84. The van der Waals surface area contributed by atoms with Crippen LogP contribution in [-0.4, -0.2) is 36.4 Å². The molecule has 1 aromatic carbocycles. The van der Waals surface area contributed by atoms with Gasteiger partial charge >= 0.3 is 5.97 Å². The van der Waals surface area contributed by atoms with Crippen molar-refractivity contribution in [3.05, 3.63) is 26.7 Å². The molecule has 1 N–H and O–H groups in total. The second-order valence-electron chi connectivity index (χ2n) is 4.86. The molecule has 1 aliphatic rings. The summed E-state index contributed by atoms with van der Waals surface area (Å²) in [5.41, 5.74) is 0. The number of halogens is 3. The molecule has 0 saturated carbocycles. The van der Waals surface area contributed by atoms with Gasteiger partial charge in [-0.3, -0.25) is 4.79 Å². The molecule has 2 rings (SSSR count). The molecule has 1 aliphatic heterocycles. The second kappa shape index (κ2) is 6.04. The van der Waals surface area contributed by atoms with Crippen LogP contribution in [0.3, 0.4) is 0 Å². The SMILES string of the molecule is CC1CCN(S(=O)(=O)c2c(Cl)cc(Br)cc2Cl)C1C(=O)O. The quantitative estimate of drug-likeness (QED) is 0.820. The molecular weight excluding hydrogens is 405 g/mol. The van der Waals surface area contributed by atoms with Crippen LogP contribution in [0, 0.1) is 5.92 Å². The lowest BCUT2D eigenvalue weighted by molar-refractivity contribution is -0.141. The largest absolute Gasteiger partial charge is 0.480 e. The standard InChI is InChI=1S/C12H12BrCl2NO4S/c1-6-2-3-16(10(6)12(17)18)21(19,20)11-8(14)4-7(13)5-9(11)15/h4-6,10H,2-3H2,1H3,(H,17,18). The summed E-state index contributed by atoms with van der Waals surface area (Å²) in [5, 5.41) is 9.18. The number of nitrogens with zero attached hydrogens (tertiary/aromatic N) is 1. The summed E-state index contributed by atoms with van der Waals surface area (Å²) < 4.78 is 27.0. The third-order valence-electron chi connectivity index (χ3n) is 3.44. The van der Waals surface area contributed by atoms with Crippen LogP contribution >= 0.6 is 39.1 Å². The Balaban J connectivity index is 2.55. The lowest BCUT2D eigenvalue weighted by atomic mass is 10.0. The highest BCUT2D eigenvalue weighted by Gasteiger charge is 2.45. The van der Waals surface area contributed by atoms with E-state index in [0.29, 0.717) is 10.9 Å². The highest BCUT2D eigenvalue weighted by molar-refractivity contribution is 9.10. The predicted octanol–water partition coefficient (Wildman–Crippen LogP) is 3.24. The van der Waals surface area contributed by atoms with Crippen molar-refractivity contribution in [1.29, 1.82) is 0 Å². The van der Waals surface area contributed by atoms with Gasteiger partial charge in [-0.1, -0.05) is 46.1 Å². The number of hydrogen-bond donors (Lipinski definition) is 1. The number of carboxylic acid groups (broad SMARTS) is 1. The van der Waals surface area contributed by atoms with E-state index < -0.39 is 22.0 Å². The summed E-state index contributed by atoms with van der Waals surface area (Å²) in [7, 11) is -4.08. The van der Waals surface area contributed by atoms with Crippen molar-refractivity contribution in [3.63, 3.8) is 0 Å². The van der Waals surface area contributed by atoms with Crippen molar-refractivity contribution < 1.29 is 18.3 Å². The van der Waals surface area contributed by atoms with Gasteiger partial charge in [0, 0.05) is 11.0 Å². The van der Waals surface area contributed by atoms with Crippen molar-refractivity contribution in [1.82, 2.24) is 4.31 Å². The van der Waals surface area contributed by atoms with Gasteiger partial charge in [0.1, 0.15) is 10.9 Å². The van der Waals surface area contributed by atoms with Crippen LogP contribution < -0.4 is 0 Å².